The van der Waals surface area contributed by atoms with Gasteiger partial charge in [-0.05, 0) is 39.3 Å². The molecule has 1 N–H and O–H groups in total. The molecule has 0 bridgehead atoms. The lowest BCUT2D eigenvalue weighted by molar-refractivity contribution is -0.150. The number of ether oxygens (including phenoxy) is 3. The molecule has 1 atom stereocenters. The molecule has 0 saturated heterocycles. The van der Waals surface area contributed by atoms with Crippen molar-refractivity contribution in [1.29, 1.82) is 0 Å². The highest BCUT2D eigenvalue weighted by Gasteiger charge is 2.27. The van der Waals surface area contributed by atoms with E-state index >= 15 is 0 Å². The maximum Gasteiger partial charge on any atom is 0.407 e. The quantitative estimate of drug-likeness (QED) is 0.317. The number of nitrogens with one attached hydrogen (secondary N) is 1. The Balaban J connectivity index is 4.16. The standard InChI is InChI=1S/C20H36N2O5/c1-9-16(4)14-26-18(23)17(15(2)3)22(8)11-13-25-12-10-21-19(24)27-20(5,6)7/h9,15,17H,1,4,10-14H2,2-3,5-8H3,(H,21,24). The minimum absolute atomic E-state index is 0.0910. The highest BCUT2D eigenvalue weighted by molar-refractivity contribution is 5.76. The van der Waals surface area contributed by atoms with Crippen molar-refractivity contribution in [2.75, 3.05) is 40.0 Å². The molecule has 0 aromatic rings. The van der Waals surface area contributed by atoms with Gasteiger partial charge in [-0.15, -0.1) is 0 Å². The van der Waals surface area contributed by atoms with Crippen LogP contribution in [0, 0.1) is 5.92 Å². The Bertz CT molecular complexity index is 497. The van der Waals surface area contributed by atoms with Crippen LogP contribution in [0.3, 0.4) is 0 Å². The molecule has 7 heteroatoms. The van der Waals surface area contributed by atoms with Crippen LogP contribution in [-0.2, 0) is 19.0 Å². The molecular formula is C20H36N2O5. The van der Waals surface area contributed by atoms with E-state index in [1.54, 1.807) is 6.08 Å². The van der Waals surface area contributed by atoms with E-state index in [0.29, 0.717) is 31.9 Å². The lowest BCUT2D eigenvalue weighted by Gasteiger charge is -2.29. The van der Waals surface area contributed by atoms with E-state index in [2.05, 4.69) is 18.5 Å². The van der Waals surface area contributed by atoms with Gasteiger partial charge < -0.3 is 19.5 Å². The number of esters is 1. The summed E-state index contributed by atoms with van der Waals surface area (Å²) in [6.45, 7) is 18.6. The molecule has 0 heterocycles. The van der Waals surface area contributed by atoms with Gasteiger partial charge in [0.25, 0.3) is 0 Å². The van der Waals surface area contributed by atoms with Gasteiger partial charge in [-0.1, -0.05) is 33.1 Å². The summed E-state index contributed by atoms with van der Waals surface area (Å²) >= 11 is 0. The predicted molar refractivity (Wildman–Crippen MR) is 107 cm³/mol. The van der Waals surface area contributed by atoms with Gasteiger partial charge in [0, 0.05) is 13.1 Å². The SMILES string of the molecule is C=CC(=C)COC(=O)C(C(C)C)N(C)CCOCCNC(=O)OC(C)(C)C. The Morgan fingerprint density at radius 1 is 1.22 bits per heavy atom. The van der Waals surface area contributed by atoms with Gasteiger partial charge in [0.1, 0.15) is 18.2 Å². The zero-order valence-corrected chi connectivity index (χ0v) is 17.7. The molecule has 0 aliphatic carbocycles. The third-order valence-electron chi connectivity index (χ3n) is 3.54. The molecule has 0 radical (unpaired) electrons. The fourth-order valence-electron chi connectivity index (χ4n) is 2.26. The van der Waals surface area contributed by atoms with Crippen LogP contribution in [0.1, 0.15) is 34.6 Å². The summed E-state index contributed by atoms with van der Waals surface area (Å²) in [5.41, 5.74) is 0.140. The van der Waals surface area contributed by atoms with Crippen molar-refractivity contribution in [2.45, 2.75) is 46.3 Å². The van der Waals surface area contributed by atoms with Gasteiger partial charge in [-0.3, -0.25) is 9.69 Å². The summed E-state index contributed by atoms with van der Waals surface area (Å²) in [5, 5.41) is 2.63. The Labute approximate surface area is 163 Å². The molecule has 156 valence electrons. The molecule has 0 fully saturated rings. The molecule has 1 amide bonds. The summed E-state index contributed by atoms with van der Waals surface area (Å²) in [5.74, 6) is -0.199. The molecule has 27 heavy (non-hydrogen) atoms. The summed E-state index contributed by atoms with van der Waals surface area (Å²) in [4.78, 5) is 25.7. The molecular weight excluding hydrogens is 348 g/mol. The molecule has 0 aromatic carbocycles. The van der Waals surface area contributed by atoms with Crippen molar-refractivity contribution < 1.29 is 23.8 Å². The molecule has 0 aliphatic heterocycles. The Hall–Kier alpha value is -1.86. The van der Waals surface area contributed by atoms with Crippen LogP contribution in [0.15, 0.2) is 24.8 Å². The van der Waals surface area contributed by atoms with E-state index in [0.717, 1.165) is 0 Å². The number of carbonyl (C=O) groups excluding carboxylic acids is 2. The van der Waals surface area contributed by atoms with Crippen LogP contribution in [0.4, 0.5) is 4.79 Å². The first-order chi connectivity index (χ1) is 12.5. The number of hydrogen-bond acceptors (Lipinski definition) is 6. The largest absolute Gasteiger partial charge is 0.460 e. The zero-order valence-electron chi connectivity index (χ0n) is 17.7. The van der Waals surface area contributed by atoms with Crippen LogP contribution >= 0.6 is 0 Å². The number of rotatable bonds is 12. The average Bonchev–Trinajstić information content (AvgIpc) is 2.53. The molecule has 0 aromatic heterocycles. The topological polar surface area (TPSA) is 77.1 Å². The number of alkyl carbamates (subject to hydrolysis) is 1. The summed E-state index contributed by atoms with van der Waals surface area (Å²) in [6, 6.07) is -0.369. The van der Waals surface area contributed by atoms with Gasteiger partial charge in [0.2, 0.25) is 0 Å². The highest BCUT2D eigenvalue weighted by Crippen LogP contribution is 2.12. The lowest BCUT2D eigenvalue weighted by Crippen LogP contribution is -2.45. The maximum absolute atomic E-state index is 12.3. The van der Waals surface area contributed by atoms with Gasteiger partial charge in [0.05, 0.1) is 13.2 Å². The average molecular weight is 385 g/mol. The second-order valence-electron chi connectivity index (χ2n) is 7.68. The normalized spacial score (nSPS) is 12.6. The van der Waals surface area contributed by atoms with Crippen LogP contribution in [0.5, 0.6) is 0 Å². The van der Waals surface area contributed by atoms with E-state index < -0.39 is 11.7 Å². The smallest absolute Gasteiger partial charge is 0.407 e. The van der Waals surface area contributed by atoms with E-state index in [1.807, 2.05) is 46.6 Å². The van der Waals surface area contributed by atoms with Crippen molar-refractivity contribution in [1.82, 2.24) is 10.2 Å². The van der Waals surface area contributed by atoms with E-state index in [9.17, 15) is 9.59 Å². The van der Waals surface area contributed by atoms with Crippen molar-refractivity contribution in [3.05, 3.63) is 24.8 Å². The molecule has 0 saturated carbocycles. The molecule has 0 rings (SSSR count). The molecule has 0 aliphatic rings. The first-order valence-corrected chi connectivity index (χ1v) is 9.19. The fraction of sp³-hybridized carbons (Fsp3) is 0.700. The van der Waals surface area contributed by atoms with E-state index in [-0.39, 0.29) is 24.5 Å². The van der Waals surface area contributed by atoms with E-state index in [4.69, 9.17) is 14.2 Å². The predicted octanol–water partition coefficient (Wildman–Crippen LogP) is 2.77. The molecule has 1 unspecified atom stereocenters. The molecule has 0 spiro atoms. The maximum atomic E-state index is 12.3. The number of carbonyl (C=O) groups is 2. The first-order valence-electron chi connectivity index (χ1n) is 9.19. The van der Waals surface area contributed by atoms with Crippen LogP contribution in [0.2, 0.25) is 0 Å². The molecule has 7 nitrogen and oxygen atoms in total. The fourth-order valence-corrected chi connectivity index (χ4v) is 2.26. The van der Waals surface area contributed by atoms with Crippen molar-refractivity contribution >= 4 is 12.1 Å². The summed E-state index contributed by atoms with van der Waals surface area (Å²) in [6.07, 6.45) is 1.10. The van der Waals surface area contributed by atoms with Gasteiger partial charge in [-0.2, -0.15) is 0 Å². The third-order valence-corrected chi connectivity index (χ3v) is 3.54. The third kappa shape index (κ3) is 12.2. The summed E-state index contributed by atoms with van der Waals surface area (Å²) < 4.78 is 16.0. The minimum atomic E-state index is -0.522. The number of hydrogen-bond donors (Lipinski definition) is 1. The lowest BCUT2D eigenvalue weighted by atomic mass is 10.0. The van der Waals surface area contributed by atoms with Gasteiger partial charge in [0.15, 0.2) is 0 Å². The minimum Gasteiger partial charge on any atom is -0.460 e. The van der Waals surface area contributed by atoms with Crippen LogP contribution < -0.4 is 5.32 Å². The van der Waals surface area contributed by atoms with Crippen LogP contribution in [-0.4, -0.2) is 68.6 Å². The Morgan fingerprint density at radius 2 is 1.85 bits per heavy atom. The Kier molecular flexibility index (Phi) is 11.7. The monoisotopic (exact) mass is 384 g/mol. The van der Waals surface area contributed by atoms with Gasteiger partial charge >= 0.3 is 12.1 Å². The Morgan fingerprint density at radius 3 is 2.37 bits per heavy atom. The zero-order chi connectivity index (χ0) is 21.0. The van der Waals surface area contributed by atoms with Crippen molar-refractivity contribution in [3.8, 4) is 0 Å². The van der Waals surface area contributed by atoms with Crippen molar-refractivity contribution in [2.24, 2.45) is 5.92 Å². The van der Waals surface area contributed by atoms with E-state index in [1.165, 1.54) is 0 Å². The second-order valence-corrected chi connectivity index (χ2v) is 7.68. The number of likely N-dealkylation sites (N-methyl/N-ethyl adjacent to an activating group) is 1. The number of amides is 1. The van der Waals surface area contributed by atoms with Gasteiger partial charge in [-0.25, -0.2) is 4.79 Å². The second kappa shape index (κ2) is 12.5. The highest BCUT2D eigenvalue weighted by atomic mass is 16.6. The number of nitrogens with zero attached hydrogens (tertiary/aromatic N) is 1. The first kappa shape index (κ1) is 25.1. The summed E-state index contributed by atoms with van der Waals surface area (Å²) in [7, 11) is 1.86. The van der Waals surface area contributed by atoms with Crippen molar-refractivity contribution in [3.63, 3.8) is 0 Å². The van der Waals surface area contributed by atoms with Crippen LogP contribution in [0.25, 0.3) is 0 Å².